The highest BCUT2D eigenvalue weighted by molar-refractivity contribution is 6.39. The number of anilines is 1. The van der Waals surface area contributed by atoms with E-state index in [0.717, 1.165) is 85.0 Å². The number of aromatic nitrogens is 1. The van der Waals surface area contributed by atoms with Gasteiger partial charge in [0, 0.05) is 35.8 Å². The van der Waals surface area contributed by atoms with Crippen LogP contribution >= 0.6 is 23.2 Å². The van der Waals surface area contributed by atoms with Gasteiger partial charge >= 0.3 is 5.97 Å². The second-order valence-electron chi connectivity index (χ2n) is 11.4. The van der Waals surface area contributed by atoms with E-state index in [1.165, 1.54) is 11.3 Å². The summed E-state index contributed by atoms with van der Waals surface area (Å²) in [5.41, 5.74) is 5.88. The average molecular weight is 559 g/mol. The van der Waals surface area contributed by atoms with E-state index in [1.54, 1.807) is 12.1 Å². The molecule has 7 heteroatoms. The summed E-state index contributed by atoms with van der Waals surface area (Å²) in [5.74, 6) is 0.512. The van der Waals surface area contributed by atoms with Crippen LogP contribution in [0.2, 0.25) is 10.0 Å². The van der Waals surface area contributed by atoms with Gasteiger partial charge in [0.05, 0.1) is 15.6 Å². The number of carboxylic acid groups (broad SMARTS) is 1. The highest BCUT2D eigenvalue weighted by atomic mass is 35.5. The van der Waals surface area contributed by atoms with Crippen molar-refractivity contribution in [3.05, 3.63) is 87.1 Å². The lowest BCUT2D eigenvalue weighted by atomic mass is 9.60. The van der Waals surface area contributed by atoms with Crippen molar-refractivity contribution in [2.75, 3.05) is 18.0 Å². The Hall–Kier alpha value is -3.28. The van der Waals surface area contributed by atoms with Crippen molar-refractivity contribution in [2.24, 2.45) is 5.41 Å². The number of allylic oxidation sites excluding steroid dienone is 1. The van der Waals surface area contributed by atoms with Crippen molar-refractivity contribution in [3.63, 3.8) is 0 Å². The first-order chi connectivity index (χ1) is 18.9. The number of nitrogens with zero attached hydrogens (tertiary/aromatic N) is 2. The maximum Gasteiger partial charge on any atom is 0.335 e. The van der Waals surface area contributed by atoms with Gasteiger partial charge in [-0.05, 0) is 97.2 Å². The molecule has 0 bridgehead atoms. The molecular weight excluding hydrogens is 531 g/mol. The normalized spacial score (nSPS) is 18.4. The van der Waals surface area contributed by atoms with Crippen LogP contribution in [0.25, 0.3) is 28.1 Å². The molecule has 1 spiro atoms. The third kappa shape index (κ3) is 4.52. The van der Waals surface area contributed by atoms with Gasteiger partial charge in [0.25, 0.3) is 0 Å². The number of benzene rings is 3. The second-order valence-corrected chi connectivity index (χ2v) is 12.2. The largest absolute Gasteiger partial charge is 0.478 e. The van der Waals surface area contributed by atoms with Crippen LogP contribution in [-0.2, 0) is 0 Å². The summed E-state index contributed by atoms with van der Waals surface area (Å²) in [7, 11) is 0. The van der Waals surface area contributed by atoms with Crippen LogP contribution in [0.15, 0.2) is 64.7 Å². The zero-order valence-electron chi connectivity index (χ0n) is 21.4. The first kappa shape index (κ1) is 24.7. The summed E-state index contributed by atoms with van der Waals surface area (Å²) in [4.78, 5) is 13.8. The van der Waals surface area contributed by atoms with Gasteiger partial charge in [0.15, 0.2) is 0 Å². The molecule has 39 heavy (non-hydrogen) atoms. The molecule has 3 aromatic carbocycles. The Morgan fingerprint density at radius 2 is 1.69 bits per heavy atom. The molecule has 0 atom stereocenters. The van der Waals surface area contributed by atoms with E-state index < -0.39 is 5.97 Å². The zero-order valence-corrected chi connectivity index (χ0v) is 22.9. The maximum atomic E-state index is 11.3. The minimum absolute atomic E-state index is 0.321. The van der Waals surface area contributed by atoms with E-state index in [4.69, 9.17) is 27.7 Å². The SMILES string of the molecule is O=C(O)c1ccc2cc(N3CCC4(CC3)CC(=Cc3c(-c5c(Cl)cccc5Cl)noc3C3CC3)C4)ccc2c1. The maximum absolute atomic E-state index is 11.3. The predicted octanol–water partition coefficient (Wildman–Crippen LogP) is 8.84. The Kier molecular flexibility index (Phi) is 5.98. The fourth-order valence-corrected chi connectivity index (χ4v) is 6.94. The van der Waals surface area contributed by atoms with E-state index in [2.05, 4.69) is 28.3 Å². The summed E-state index contributed by atoms with van der Waals surface area (Å²) in [5, 5.41) is 16.9. The lowest BCUT2D eigenvalue weighted by molar-refractivity contribution is 0.0697. The van der Waals surface area contributed by atoms with Crippen molar-refractivity contribution in [1.29, 1.82) is 0 Å². The van der Waals surface area contributed by atoms with E-state index in [1.807, 2.05) is 30.3 Å². The molecule has 1 aromatic heterocycles. The molecule has 3 aliphatic rings. The Bertz CT molecular complexity index is 1610. The average Bonchev–Trinajstić information content (AvgIpc) is 3.68. The fourth-order valence-electron chi connectivity index (χ4n) is 6.37. The standard InChI is InChI=1S/C32H28Cl2N2O3/c33-26-2-1-3-27(34)28(26)29-25(30(39-35-29)20-4-5-20)14-19-17-32(18-19)10-12-36(13-11-32)24-9-8-21-15-23(31(37)38)7-6-22(21)16-24/h1-3,6-9,14-16,20H,4-5,10-13,17-18H2,(H,37,38). The van der Waals surface area contributed by atoms with Gasteiger partial charge in [0.2, 0.25) is 0 Å². The summed E-state index contributed by atoms with van der Waals surface area (Å²) in [6.45, 7) is 2.04. The first-order valence-corrected chi connectivity index (χ1v) is 14.3. The smallest absolute Gasteiger partial charge is 0.335 e. The fraction of sp³-hybridized carbons (Fsp3) is 0.312. The van der Waals surface area contributed by atoms with Gasteiger partial charge in [0.1, 0.15) is 11.5 Å². The summed E-state index contributed by atoms with van der Waals surface area (Å²) < 4.78 is 5.85. The molecule has 5 nitrogen and oxygen atoms in total. The van der Waals surface area contributed by atoms with Gasteiger partial charge in [-0.2, -0.15) is 0 Å². The summed E-state index contributed by atoms with van der Waals surface area (Å²) in [6, 6.07) is 17.2. The number of carbonyl (C=O) groups is 1. The molecule has 1 saturated heterocycles. The number of carboxylic acids is 1. The minimum Gasteiger partial charge on any atom is -0.478 e. The highest BCUT2D eigenvalue weighted by Crippen LogP contribution is 2.54. The van der Waals surface area contributed by atoms with Crippen molar-refractivity contribution in [1.82, 2.24) is 5.16 Å². The van der Waals surface area contributed by atoms with E-state index in [-0.39, 0.29) is 0 Å². The molecule has 3 fully saturated rings. The predicted molar refractivity (Wildman–Crippen MR) is 156 cm³/mol. The number of hydrogen-bond acceptors (Lipinski definition) is 4. The van der Waals surface area contributed by atoms with Gasteiger partial charge in [-0.15, -0.1) is 0 Å². The third-order valence-corrected chi connectivity index (χ3v) is 9.35. The molecular formula is C32H28Cl2N2O3. The second kappa shape index (κ2) is 9.42. The first-order valence-electron chi connectivity index (χ1n) is 13.5. The molecule has 2 saturated carbocycles. The van der Waals surface area contributed by atoms with Gasteiger partial charge in [-0.1, -0.05) is 52.1 Å². The highest BCUT2D eigenvalue weighted by Gasteiger charge is 2.43. The Morgan fingerprint density at radius 3 is 2.38 bits per heavy atom. The minimum atomic E-state index is -0.895. The summed E-state index contributed by atoms with van der Waals surface area (Å²) >= 11 is 13.1. The van der Waals surface area contributed by atoms with Crippen molar-refractivity contribution in [2.45, 2.75) is 44.4 Å². The number of fused-ring (bicyclic) bond motifs is 1. The molecule has 2 heterocycles. The zero-order chi connectivity index (χ0) is 26.7. The molecule has 0 amide bonds. The van der Waals surface area contributed by atoms with Gasteiger partial charge in [-0.3, -0.25) is 0 Å². The van der Waals surface area contributed by atoms with Crippen molar-refractivity contribution < 1.29 is 14.4 Å². The molecule has 198 valence electrons. The van der Waals surface area contributed by atoms with Crippen LogP contribution < -0.4 is 4.90 Å². The molecule has 0 unspecified atom stereocenters. The topological polar surface area (TPSA) is 66.6 Å². The van der Waals surface area contributed by atoms with Crippen LogP contribution in [0.3, 0.4) is 0 Å². The lowest BCUT2D eigenvalue weighted by Gasteiger charge is -2.50. The Balaban J connectivity index is 1.07. The van der Waals surface area contributed by atoms with Crippen molar-refractivity contribution in [3.8, 4) is 11.3 Å². The van der Waals surface area contributed by atoms with E-state index >= 15 is 0 Å². The van der Waals surface area contributed by atoms with E-state index in [9.17, 15) is 9.90 Å². The monoisotopic (exact) mass is 558 g/mol. The molecule has 1 aliphatic heterocycles. The van der Waals surface area contributed by atoms with E-state index in [0.29, 0.717) is 26.9 Å². The number of hydrogen-bond donors (Lipinski definition) is 1. The third-order valence-electron chi connectivity index (χ3n) is 8.72. The molecule has 4 aromatic rings. The quantitative estimate of drug-likeness (QED) is 0.265. The number of halogens is 2. The molecule has 0 radical (unpaired) electrons. The number of piperidine rings is 1. The Labute approximate surface area is 237 Å². The number of aromatic carboxylic acids is 1. The molecule has 1 N–H and O–H groups in total. The van der Waals surface area contributed by atoms with Crippen LogP contribution in [-0.4, -0.2) is 29.3 Å². The van der Waals surface area contributed by atoms with Crippen molar-refractivity contribution >= 4 is 51.7 Å². The van der Waals surface area contributed by atoms with Gasteiger partial charge in [-0.25, -0.2) is 4.79 Å². The van der Waals surface area contributed by atoms with Crippen LogP contribution in [0.4, 0.5) is 5.69 Å². The Morgan fingerprint density at radius 1 is 1.00 bits per heavy atom. The van der Waals surface area contributed by atoms with Gasteiger partial charge < -0.3 is 14.5 Å². The molecule has 7 rings (SSSR count). The number of rotatable bonds is 5. The van der Waals surface area contributed by atoms with Crippen LogP contribution in [0.1, 0.15) is 66.1 Å². The van der Waals surface area contributed by atoms with Crippen LogP contribution in [0, 0.1) is 5.41 Å². The lowest BCUT2D eigenvalue weighted by Crippen LogP contribution is -2.44. The van der Waals surface area contributed by atoms with Crippen LogP contribution in [0.5, 0.6) is 0 Å². The molecule has 2 aliphatic carbocycles. The summed E-state index contributed by atoms with van der Waals surface area (Å²) in [6.07, 6.45) is 9.08.